The van der Waals surface area contributed by atoms with Crippen molar-refractivity contribution in [2.75, 3.05) is 13.7 Å². The van der Waals surface area contributed by atoms with Crippen LogP contribution in [0, 0.1) is 11.8 Å². The second kappa shape index (κ2) is 7.98. The van der Waals surface area contributed by atoms with Crippen molar-refractivity contribution in [2.24, 2.45) is 11.8 Å². The molecule has 2 amide bonds. The molecule has 2 heterocycles. The Morgan fingerprint density at radius 3 is 2.06 bits per heavy atom. The van der Waals surface area contributed by atoms with Gasteiger partial charge in [0.15, 0.2) is 5.78 Å². The highest BCUT2D eigenvalue weighted by Crippen LogP contribution is 2.49. The van der Waals surface area contributed by atoms with Crippen molar-refractivity contribution < 1.29 is 23.9 Å². The second-order valence-electron chi connectivity index (χ2n) is 8.50. The number of ketones is 1. The van der Waals surface area contributed by atoms with Crippen molar-refractivity contribution >= 4 is 23.6 Å². The van der Waals surface area contributed by atoms with E-state index in [1.807, 2.05) is 36.4 Å². The third kappa shape index (κ3) is 3.24. The Bertz CT molecular complexity index is 1090. The number of esters is 1. The molecule has 1 N–H and O–H groups in total. The summed E-state index contributed by atoms with van der Waals surface area (Å²) in [6, 6.07) is 14.5. The van der Waals surface area contributed by atoms with E-state index in [2.05, 4.69) is 5.32 Å². The first kappa shape index (κ1) is 21.9. The number of Topliss-reactive ketones (excluding diaryl/α,β-unsaturated/α-hetero) is 1. The predicted molar refractivity (Wildman–Crippen MR) is 118 cm³/mol. The molecular weight excluding hydrogens is 408 g/mol. The maximum atomic E-state index is 13.1. The average Bonchev–Trinajstić information content (AvgIpc) is 3.26. The number of nitrogens with one attached hydrogen (secondary N) is 1. The summed E-state index contributed by atoms with van der Waals surface area (Å²) < 4.78 is 4.98. The maximum absolute atomic E-state index is 13.1. The lowest BCUT2D eigenvalue weighted by Crippen LogP contribution is -2.53. The van der Waals surface area contributed by atoms with Crippen molar-refractivity contribution in [3.63, 3.8) is 0 Å². The van der Waals surface area contributed by atoms with Gasteiger partial charge in [0.1, 0.15) is 5.54 Å². The molecule has 0 unspecified atom stereocenters. The highest BCUT2D eigenvalue weighted by Gasteiger charge is 2.66. The fourth-order valence-corrected chi connectivity index (χ4v) is 4.98. The first-order valence-corrected chi connectivity index (χ1v) is 10.7. The fraction of sp³-hybridized carbons (Fsp3) is 0.360. The standard InChI is InChI=1S/C25H26N2O5/c1-5-27-22(29)19-20(23(27)30)25(3,24(31)32-4)26-21(19)18-12-10-17(11-13-18)16-8-6-15(7-9-16)14(2)28/h6-13,19-21,26H,5H2,1-4H3/t19-,20-,21-,25-/m1/s1. The van der Waals surface area contributed by atoms with Crippen LogP contribution in [-0.2, 0) is 19.1 Å². The molecule has 4 atom stereocenters. The van der Waals surface area contributed by atoms with Crippen LogP contribution in [0.1, 0.15) is 42.7 Å². The van der Waals surface area contributed by atoms with Crippen LogP contribution in [0.15, 0.2) is 48.5 Å². The molecule has 2 fully saturated rings. The SMILES string of the molecule is CCN1C(=O)[C@H]2[C@@H](c3ccc(-c4ccc(C(C)=O)cc4)cc3)N[C@@](C)(C(=O)OC)[C@H]2C1=O. The molecule has 2 aromatic rings. The number of carbonyl (C=O) groups is 4. The van der Waals surface area contributed by atoms with Crippen molar-refractivity contribution in [2.45, 2.75) is 32.4 Å². The third-order valence-corrected chi connectivity index (χ3v) is 6.70. The van der Waals surface area contributed by atoms with E-state index in [0.717, 1.165) is 16.7 Å². The Kier molecular flexibility index (Phi) is 5.46. The predicted octanol–water partition coefficient (Wildman–Crippen LogP) is 2.75. The van der Waals surface area contributed by atoms with Crippen molar-refractivity contribution in [3.05, 3.63) is 59.7 Å². The van der Waals surface area contributed by atoms with E-state index in [4.69, 9.17) is 4.74 Å². The highest BCUT2D eigenvalue weighted by atomic mass is 16.5. The molecule has 7 heteroatoms. The number of carbonyl (C=O) groups excluding carboxylic acids is 4. The van der Waals surface area contributed by atoms with Crippen molar-refractivity contribution in [1.82, 2.24) is 10.2 Å². The number of hydrogen-bond donors (Lipinski definition) is 1. The largest absolute Gasteiger partial charge is 0.468 e. The number of hydrogen-bond acceptors (Lipinski definition) is 6. The van der Waals surface area contributed by atoms with Crippen LogP contribution < -0.4 is 5.32 Å². The molecule has 7 nitrogen and oxygen atoms in total. The molecule has 4 rings (SSSR count). The molecule has 0 radical (unpaired) electrons. The van der Waals surface area contributed by atoms with Gasteiger partial charge in [-0.3, -0.25) is 29.4 Å². The van der Waals surface area contributed by atoms with Crippen LogP contribution in [0.4, 0.5) is 0 Å². The maximum Gasteiger partial charge on any atom is 0.326 e. The number of methoxy groups -OCH3 is 1. The molecule has 2 aromatic carbocycles. The molecular formula is C25H26N2O5. The van der Waals surface area contributed by atoms with E-state index in [0.29, 0.717) is 5.56 Å². The van der Waals surface area contributed by atoms with Gasteiger partial charge in [0, 0.05) is 18.2 Å². The summed E-state index contributed by atoms with van der Waals surface area (Å²) in [7, 11) is 1.28. The molecule has 0 aliphatic carbocycles. The molecule has 0 spiro atoms. The second-order valence-corrected chi connectivity index (χ2v) is 8.50. The van der Waals surface area contributed by atoms with E-state index >= 15 is 0 Å². The number of ether oxygens (including phenoxy) is 1. The fourth-order valence-electron chi connectivity index (χ4n) is 4.98. The summed E-state index contributed by atoms with van der Waals surface area (Å²) in [5.41, 5.74) is 2.09. The highest BCUT2D eigenvalue weighted by molar-refractivity contribution is 6.09. The Morgan fingerprint density at radius 2 is 1.56 bits per heavy atom. The van der Waals surface area contributed by atoms with Crippen molar-refractivity contribution in [3.8, 4) is 11.1 Å². The van der Waals surface area contributed by atoms with Gasteiger partial charge in [0.25, 0.3) is 0 Å². The molecule has 0 aromatic heterocycles. The number of fused-ring (bicyclic) bond motifs is 1. The average molecular weight is 434 g/mol. The zero-order valence-electron chi connectivity index (χ0n) is 18.5. The van der Waals surface area contributed by atoms with Crippen LogP contribution >= 0.6 is 0 Å². The lowest BCUT2D eigenvalue weighted by atomic mass is 9.80. The molecule has 2 aliphatic rings. The van der Waals surface area contributed by atoms with Gasteiger partial charge < -0.3 is 4.74 Å². The molecule has 0 saturated carbocycles. The minimum atomic E-state index is -1.29. The number of benzene rings is 2. The first-order valence-electron chi connectivity index (χ1n) is 10.7. The van der Waals surface area contributed by atoms with Crippen LogP contribution in [0.3, 0.4) is 0 Å². The summed E-state index contributed by atoms with van der Waals surface area (Å²) in [6.45, 7) is 5.18. The minimum Gasteiger partial charge on any atom is -0.468 e. The summed E-state index contributed by atoms with van der Waals surface area (Å²) >= 11 is 0. The van der Waals surface area contributed by atoms with Gasteiger partial charge in [-0.25, -0.2) is 0 Å². The van der Waals surface area contributed by atoms with Gasteiger partial charge >= 0.3 is 5.97 Å². The Hall–Kier alpha value is -3.32. The van der Waals surface area contributed by atoms with Gasteiger partial charge in [-0.15, -0.1) is 0 Å². The molecule has 32 heavy (non-hydrogen) atoms. The Morgan fingerprint density at radius 1 is 1.00 bits per heavy atom. The number of nitrogens with zero attached hydrogens (tertiary/aromatic N) is 1. The van der Waals surface area contributed by atoms with Gasteiger partial charge in [-0.2, -0.15) is 0 Å². The van der Waals surface area contributed by atoms with E-state index in [-0.39, 0.29) is 24.1 Å². The summed E-state index contributed by atoms with van der Waals surface area (Å²) in [5, 5.41) is 3.24. The first-order chi connectivity index (χ1) is 15.2. The third-order valence-electron chi connectivity index (χ3n) is 6.70. The molecule has 166 valence electrons. The number of amides is 2. The molecule has 2 aliphatic heterocycles. The monoisotopic (exact) mass is 434 g/mol. The summed E-state index contributed by atoms with van der Waals surface area (Å²) in [6.07, 6.45) is 0. The Balaban J connectivity index is 1.68. The quantitative estimate of drug-likeness (QED) is 0.442. The normalized spacial score (nSPS) is 26.9. The number of imide groups is 1. The zero-order chi connectivity index (χ0) is 23.2. The van der Waals surface area contributed by atoms with Crippen LogP contribution in [0.25, 0.3) is 11.1 Å². The van der Waals surface area contributed by atoms with Crippen LogP contribution in [0.2, 0.25) is 0 Å². The number of likely N-dealkylation sites (tertiary alicyclic amines) is 1. The lowest BCUT2D eigenvalue weighted by molar-refractivity contribution is -0.153. The minimum absolute atomic E-state index is 0.0133. The lowest BCUT2D eigenvalue weighted by Gasteiger charge is -2.28. The van der Waals surface area contributed by atoms with E-state index in [1.165, 1.54) is 18.9 Å². The number of rotatable bonds is 5. The van der Waals surface area contributed by atoms with Gasteiger partial charge in [-0.1, -0.05) is 48.5 Å². The van der Waals surface area contributed by atoms with E-state index in [1.54, 1.807) is 26.0 Å². The van der Waals surface area contributed by atoms with Gasteiger partial charge in [0.05, 0.1) is 18.9 Å². The van der Waals surface area contributed by atoms with Gasteiger partial charge in [-0.05, 0) is 37.5 Å². The van der Waals surface area contributed by atoms with E-state index in [9.17, 15) is 19.2 Å². The smallest absolute Gasteiger partial charge is 0.326 e. The molecule has 0 bridgehead atoms. The van der Waals surface area contributed by atoms with Crippen LogP contribution in [0.5, 0.6) is 0 Å². The molecule has 2 saturated heterocycles. The van der Waals surface area contributed by atoms with Crippen molar-refractivity contribution in [1.29, 1.82) is 0 Å². The Labute approximate surface area is 186 Å². The van der Waals surface area contributed by atoms with E-state index < -0.39 is 29.4 Å². The summed E-state index contributed by atoms with van der Waals surface area (Å²) in [5.74, 6) is -2.64. The van der Waals surface area contributed by atoms with Crippen LogP contribution in [-0.4, -0.2) is 47.7 Å². The summed E-state index contributed by atoms with van der Waals surface area (Å²) in [4.78, 5) is 51.4. The topological polar surface area (TPSA) is 92.8 Å². The van der Waals surface area contributed by atoms with Gasteiger partial charge in [0.2, 0.25) is 11.8 Å². The zero-order valence-corrected chi connectivity index (χ0v) is 18.5.